The van der Waals surface area contributed by atoms with E-state index >= 15 is 0 Å². The second-order valence-electron chi connectivity index (χ2n) is 12.3. The molecule has 2 aromatic rings. The summed E-state index contributed by atoms with van der Waals surface area (Å²) in [4.78, 5) is 95.1. The van der Waals surface area contributed by atoms with Crippen LogP contribution in [0.15, 0.2) is 36.4 Å². The lowest BCUT2D eigenvalue weighted by Crippen LogP contribution is -2.54. The molecule has 7 amide bonds. The fourth-order valence-electron chi connectivity index (χ4n) is 6.69. The van der Waals surface area contributed by atoms with Gasteiger partial charge in [0.05, 0.1) is 29.5 Å². The number of para-hydroxylation sites is 1. The summed E-state index contributed by atoms with van der Waals surface area (Å²) in [5, 5.41) is 5.12. The third-order valence-corrected chi connectivity index (χ3v) is 9.38. The number of rotatable bonds is 8. The van der Waals surface area contributed by atoms with E-state index in [-0.39, 0.29) is 66.3 Å². The second-order valence-corrected chi connectivity index (χ2v) is 12.3. The van der Waals surface area contributed by atoms with Gasteiger partial charge in [0, 0.05) is 70.3 Å². The van der Waals surface area contributed by atoms with Gasteiger partial charge in [0.1, 0.15) is 11.8 Å². The maximum absolute atomic E-state index is 13.2. The maximum Gasteiger partial charge on any atom is 0.262 e. The van der Waals surface area contributed by atoms with Crippen molar-refractivity contribution in [2.24, 2.45) is 0 Å². The quantitative estimate of drug-likeness (QED) is 0.259. The molecule has 0 bridgehead atoms. The average molecular weight is 660 g/mol. The summed E-state index contributed by atoms with van der Waals surface area (Å²) < 4.78 is 5.19. The first kappa shape index (κ1) is 32.5. The Bertz CT molecular complexity index is 1700. The van der Waals surface area contributed by atoms with E-state index in [1.807, 2.05) is 4.90 Å². The van der Waals surface area contributed by atoms with Crippen molar-refractivity contribution in [1.82, 2.24) is 25.3 Å². The van der Waals surface area contributed by atoms with Crippen molar-refractivity contribution in [3.8, 4) is 5.75 Å². The van der Waals surface area contributed by atoms with Gasteiger partial charge >= 0.3 is 0 Å². The molecule has 15 nitrogen and oxygen atoms in total. The summed E-state index contributed by atoms with van der Waals surface area (Å²) in [7, 11) is 1.48. The van der Waals surface area contributed by atoms with Crippen LogP contribution in [0.1, 0.15) is 63.2 Å². The molecule has 3 saturated heterocycles. The number of piperazine rings is 1. The summed E-state index contributed by atoms with van der Waals surface area (Å²) in [6.45, 7) is 2.65. The number of imide groups is 2. The topological polar surface area (TPSA) is 192 Å². The number of piperidine rings is 1. The van der Waals surface area contributed by atoms with Gasteiger partial charge in [-0.1, -0.05) is 6.07 Å². The zero-order chi connectivity index (χ0) is 34.1. The van der Waals surface area contributed by atoms with E-state index in [0.717, 1.165) is 4.90 Å². The SMILES string of the molecule is COc1cccc(C(=O)N[C@H]2CCN(C(=O)CCC(=O)N3CCN(c4ccc5c(c4)C(=O)N(C4CCC(=O)NC4=O)C5=O)CC3)C2)c1N. The molecule has 2 atom stereocenters. The van der Waals surface area contributed by atoms with E-state index in [0.29, 0.717) is 62.7 Å². The number of anilines is 2. The Hall–Kier alpha value is -5.47. The van der Waals surface area contributed by atoms with Gasteiger partial charge in [-0.15, -0.1) is 0 Å². The lowest BCUT2D eigenvalue weighted by molar-refractivity contribution is -0.136. The molecule has 3 fully saturated rings. The predicted molar refractivity (Wildman–Crippen MR) is 171 cm³/mol. The zero-order valence-corrected chi connectivity index (χ0v) is 26.5. The zero-order valence-electron chi connectivity index (χ0n) is 26.5. The molecule has 0 radical (unpaired) electrons. The smallest absolute Gasteiger partial charge is 0.262 e. The summed E-state index contributed by atoms with van der Waals surface area (Å²) in [6.07, 6.45) is 0.856. The first-order chi connectivity index (χ1) is 23.0. The molecule has 0 aliphatic carbocycles. The number of nitrogens with one attached hydrogen (secondary N) is 2. The van der Waals surface area contributed by atoms with Crippen LogP contribution in [0.4, 0.5) is 11.4 Å². The van der Waals surface area contributed by atoms with E-state index in [1.165, 1.54) is 7.11 Å². The van der Waals surface area contributed by atoms with Gasteiger partial charge in [-0.25, -0.2) is 0 Å². The Labute approximate surface area is 276 Å². The Morgan fingerprint density at radius 1 is 0.896 bits per heavy atom. The van der Waals surface area contributed by atoms with E-state index in [4.69, 9.17) is 10.5 Å². The molecule has 4 aliphatic heterocycles. The highest BCUT2D eigenvalue weighted by Gasteiger charge is 2.45. The van der Waals surface area contributed by atoms with Crippen LogP contribution >= 0.6 is 0 Å². The molecule has 252 valence electrons. The van der Waals surface area contributed by atoms with Crippen LogP contribution in [-0.2, 0) is 19.2 Å². The monoisotopic (exact) mass is 659 g/mol. The van der Waals surface area contributed by atoms with Crippen LogP contribution in [0.25, 0.3) is 0 Å². The van der Waals surface area contributed by atoms with Gasteiger partial charge in [-0.05, 0) is 43.2 Å². The van der Waals surface area contributed by atoms with Gasteiger partial charge < -0.3 is 30.5 Å². The number of benzene rings is 2. The molecular weight excluding hydrogens is 622 g/mol. The highest BCUT2D eigenvalue weighted by atomic mass is 16.5. The number of methoxy groups -OCH3 is 1. The fourth-order valence-corrected chi connectivity index (χ4v) is 6.69. The summed E-state index contributed by atoms with van der Waals surface area (Å²) >= 11 is 0. The number of likely N-dealkylation sites (tertiary alicyclic amines) is 1. The standard InChI is InChI=1S/C33H37N7O8/c1-48-25-4-2-3-22(29(25)34)30(44)35-19-11-12-39(18-19)28(43)10-9-27(42)38-15-13-37(14-16-38)20-5-6-21-23(17-20)33(47)40(32(21)46)24-7-8-26(41)36-31(24)45/h2-6,17,19,24H,7-16,18,34H2,1H3,(H,35,44)(H,36,41,45)/t19-,24?/m0/s1. The van der Waals surface area contributed by atoms with Crippen molar-refractivity contribution in [3.05, 3.63) is 53.1 Å². The van der Waals surface area contributed by atoms with Gasteiger partial charge in [0.2, 0.25) is 23.6 Å². The van der Waals surface area contributed by atoms with Crippen molar-refractivity contribution in [3.63, 3.8) is 0 Å². The molecule has 15 heteroatoms. The minimum atomic E-state index is -1.03. The largest absolute Gasteiger partial charge is 0.495 e. The van der Waals surface area contributed by atoms with Gasteiger partial charge in [0.15, 0.2) is 0 Å². The van der Waals surface area contributed by atoms with Crippen LogP contribution in [0.5, 0.6) is 5.75 Å². The van der Waals surface area contributed by atoms with Crippen LogP contribution in [-0.4, -0.2) is 115 Å². The third kappa shape index (κ3) is 6.27. The van der Waals surface area contributed by atoms with Crippen molar-refractivity contribution in [2.75, 3.05) is 57.0 Å². The van der Waals surface area contributed by atoms with Gasteiger partial charge in [-0.3, -0.25) is 43.8 Å². The Balaban J connectivity index is 0.963. The van der Waals surface area contributed by atoms with Gasteiger partial charge in [0.25, 0.3) is 17.7 Å². The highest BCUT2D eigenvalue weighted by Crippen LogP contribution is 2.31. The molecule has 6 rings (SSSR count). The van der Waals surface area contributed by atoms with E-state index in [2.05, 4.69) is 10.6 Å². The average Bonchev–Trinajstić information content (AvgIpc) is 3.65. The number of amides is 7. The van der Waals surface area contributed by atoms with E-state index < -0.39 is 29.7 Å². The number of carbonyl (C=O) groups excluding carboxylic acids is 7. The maximum atomic E-state index is 13.2. The minimum Gasteiger partial charge on any atom is -0.495 e. The molecule has 48 heavy (non-hydrogen) atoms. The molecule has 4 aliphatic rings. The van der Waals surface area contributed by atoms with Crippen molar-refractivity contribution in [2.45, 2.75) is 44.2 Å². The van der Waals surface area contributed by atoms with E-state index in [1.54, 1.807) is 46.2 Å². The highest BCUT2D eigenvalue weighted by molar-refractivity contribution is 6.23. The summed E-state index contributed by atoms with van der Waals surface area (Å²) in [5.41, 5.74) is 7.72. The molecule has 0 aromatic heterocycles. The molecule has 4 N–H and O–H groups in total. The summed E-state index contributed by atoms with van der Waals surface area (Å²) in [5.74, 6) is -2.43. The molecule has 0 spiro atoms. The normalized spacial score (nSPS) is 20.9. The molecule has 1 unspecified atom stereocenters. The molecule has 4 heterocycles. The first-order valence-corrected chi connectivity index (χ1v) is 15.9. The number of nitrogens with zero attached hydrogens (tertiary/aromatic N) is 4. The third-order valence-electron chi connectivity index (χ3n) is 9.38. The van der Waals surface area contributed by atoms with Crippen molar-refractivity contribution < 1.29 is 38.3 Å². The van der Waals surface area contributed by atoms with Crippen LogP contribution in [0.2, 0.25) is 0 Å². The Morgan fingerprint density at radius 2 is 1.60 bits per heavy atom. The van der Waals surface area contributed by atoms with Crippen LogP contribution < -0.4 is 26.0 Å². The molecule has 2 aromatic carbocycles. The Kier molecular flexibility index (Phi) is 9.02. The fraction of sp³-hybridized carbons (Fsp3) is 0.424. The number of carbonyl (C=O) groups is 7. The lowest BCUT2D eigenvalue weighted by Gasteiger charge is -2.36. The number of nitrogens with two attached hydrogens (primary N) is 1. The number of hydrogen-bond donors (Lipinski definition) is 3. The van der Waals surface area contributed by atoms with Crippen LogP contribution in [0.3, 0.4) is 0 Å². The minimum absolute atomic E-state index is 0.0483. The van der Waals surface area contributed by atoms with E-state index in [9.17, 15) is 33.6 Å². The molecule has 0 saturated carbocycles. The number of fused-ring (bicyclic) bond motifs is 1. The summed E-state index contributed by atoms with van der Waals surface area (Å²) in [6, 6.07) is 8.66. The predicted octanol–water partition coefficient (Wildman–Crippen LogP) is 0.138. The molecular formula is C33H37N7O8. The first-order valence-electron chi connectivity index (χ1n) is 15.9. The number of ether oxygens (including phenoxy) is 1. The second kappa shape index (κ2) is 13.3. The number of nitrogen functional groups attached to an aromatic ring is 1. The Morgan fingerprint density at radius 3 is 2.31 bits per heavy atom. The van der Waals surface area contributed by atoms with Crippen molar-refractivity contribution in [1.29, 1.82) is 0 Å². The van der Waals surface area contributed by atoms with Gasteiger partial charge in [-0.2, -0.15) is 0 Å². The number of hydrogen-bond acceptors (Lipinski definition) is 10. The van der Waals surface area contributed by atoms with Crippen LogP contribution in [0, 0.1) is 0 Å². The lowest BCUT2D eigenvalue weighted by atomic mass is 10.0. The van der Waals surface area contributed by atoms with Crippen molar-refractivity contribution >= 4 is 52.7 Å².